The minimum absolute atomic E-state index is 0.0998. The second kappa shape index (κ2) is 5.48. The minimum Gasteiger partial charge on any atom is -0.454 e. The van der Waals surface area contributed by atoms with E-state index >= 15 is 0 Å². The molecule has 0 saturated carbocycles. The number of hydrogen-bond acceptors (Lipinski definition) is 4. The number of hydrogen-bond donors (Lipinski definition) is 2. The molecule has 1 aromatic rings. The monoisotopic (exact) mass is 262 g/mol. The molecule has 2 heterocycles. The van der Waals surface area contributed by atoms with Crippen LogP contribution in [-0.2, 0) is 11.3 Å². The van der Waals surface area contributed by atoms with Gasteiger partial charge in [0.25, 0.3) is 0 Å². The quantitative estimate of drug-likeness (QED) is 0.854. The first kappa shape index (κ1) is 12.3. The van der Waals surface area contributed by atoms with Crippen LogP contribution in [0.2, 0.25) is 0 Å². The summed E-state index contributed by atoms with van der Waals surface area (Å²) in [6.45, 7) is 2.61. The predicted molar refractivity (Wildman–Crippen MR) is 70.0 cm³/mol. The Kier molecular flexibility index (Phi) is 3.55. The maximum absolute atomic E-state index is 12.0. The summed E-state index contributed by atoms with van der Waals surface area (Å²) in [6, 6.07) is 5.75. The molecule has 0 bridgehead atoms. The van der Waals surface area contributed by atoms with E-state index < -0.39 is 0 Å². The van der Waals surface area contributed by atoms with Crippen molar-refractivity contribution in [2.45, 2.75) is 19.4 Å². The van der Waals surface area contributed by atoms with Gasteiger partial charge in [-0.25, -0.2) is 0 Å². The highest BCUT2D eigenvalue weighted by Crippen LogP contribution is 2.32. The predicted octanol–water partition coefficient (Wildman–Crippen LogP) is 1.03. The molecule has 2 aliphatic heterocycles. The Balaban J connectivity index is 1.55. The second-order valence-electron chi connectivity index (χ2n) is 4.95. The lowest BCUT2D eigenvalue weighted by Crippen LogP contribution is -2.40. The van der Waals surface area contributed by atoms with E-state index in [-0.39, 0.29) is 18.6 Å². The molecule has 1 atom stereocenters. The van der Waals surface area contributed by atoms with E-state index in [0.717, 1.165) is 43.0 Å². The summed E-state index contributed by atoms with van der Waals surface area (Å²) >= 11 is 0. The molecule has 5 heteroatoms. The van der Waals surface area contributed by atoms with Crippen LogP contribution in [0.4, 0.5) is 0 Å². The van der Waals surface area contributed by atoms with Gasteiger partial charge in [0.05, 0.1) is 5.92 Å². The molecule has 0 spiro atoms. The van der Waals surface area contributed by atoms with Gasteiger partial charge in [-0.05, 0) is 37.1 Å². The first-order valence-corrected chi connectivity index (χ1v) is 6.70. The van der Waals surface area contributed by atoms with Crippen molar-refractivity contribution in [3.63, 3.8) is 0 Å². The lowest BCUT2D eigenvalue weighted by atomic mass is 9.99. The maximum Gasteiger partial charge on any atom is 0.231 e. The molecule has 0 aromatic heterocycles. The Morgan fingerprint density at radius 2 is 2.26 bits per heavy atom. The third kappa shape index (κ3) is 2.81. The van der Waals surface area contributed by atoms with E-state index in [4.69, 9.17) is 9.47 Å². The lowest BCUT2D eigenvalue weighted by Gasteiger charge is -2.21. The molecule has 2 aliphatic rings. The molecule has 0 aliphatic carbocycles. The van der Waals surface area contributed by atoms with E-state index in [1.807, 2.05) is 18.2 Å². The zero-order chi connectivity index (χ0) is 13.1. The maximum atomic E-state index is 12.0. The third-order valence-electron chi connectivity index (χ3n) is 3.57. The van der Waals surface area contributed by atoms with Gasteiger partial charge in [0, 0.05) is 13.1 Å². The van der Waals surface area contributed by atoms with E-state index in [1.165, 1.54) is 0 Å². The van der Waals surface area contributed by atoms with Gasteiger partial charge >= 0.3 is 0 Å². The summed E-state index contributed by atoms with van der Waals surface area (Å²) in [4.78, 5) is 12.0. The van der Waals surface area contributed by atoms with Crippen molar-refractivity contribution in [2.75, 3.05) is 19.9 Å². The molecule has 1 amide bonds. The Bertz CT molecular complexity index is 470. The first-order chi connectivity index (χ1) is 9.33. The van der Waals surface area contributed by atoms with Crippen LogP contribution >= 0.6 is 0 Å². The van der Waals surface area contributed by atoms with Crippen molar-refractivity contribution in [1.82, 2.24) is 10.6 Å². The van der Waals surface area contributed by atoms with Gasteiger partial charge in [0.1, 0.15) is 0 Å². The normalized spacial score (nSPS) is 21.2. The van der Waals surface area contributed by atoms with E-state index in [1.54, 1.807) is 0 Å². The fraction of sp³-hybridized carbons (Fsp3) is 0.500. The molecule has 3 rings (SSSR count). The third-order valence-corrected chi connectivity index (χ3v) is 3.57. The summed E-state index contributed by atoms with van der Waals surface area (Å²) in [5, 5.41) is 6.24. The molecule has 2 N–H and O–H groups in total. The molecule has 1 aromatic carbocycles. The lowest BCUT2D eigenvalue weighted by molar-refractivity contribution is -0.125. The minimum atomic E-state index is 0.0998. The van der Waals surface area contributed by atoms with Crippen molar-refractivity contribution in [3.8, 4) is 11.5 Å². The average molecular weight is 262 g/mol. The van der Waals surface area contributed by atoms with Gasteiger partial charge in [-0.1, -0.05) is 6.07 Å². The van der Waals surface area contributed by atoms with Gasteiger partial charge < -0.3 is 20.1 Å². The van der Waals surface area contributed by atoms with Crippen LogP contribution < -0.4 is 20.1 Å². The molecule has 5 nitrogen and oxygen atoms in total. The van der Waals surface area contributed by atoms with Gasteiger partial charge in [-0.3, -0.25) is 4.79 Å². The van der Waals surface area contributed by atoms with Crippen molar-refractivity contribution in [1.29, 1.82) is 0 Å². The van der Waals surface area contributed by atoms with Crippen LogP contribution in [0.1, 0.15) is 18.4 Å². The second-order valence-corrected chi connectivity index (χ2v) is 4.95. The zero-order valence-electron chi connectivity index (χ0n) is 10.8. The molecular formula is C14H18N2O3. The first-order valence-electron chi connectivity index (χ1n) is 6.70. The fourth-order valence-electron chi connectivity index (χ4n) is 2.46. The number of piperidine rings is 1. The number of benzene rings is 1. The summed E-state index contributed by atoms with van der Waals surface area (Å²) in [5.74, 6) is 1.75. The standard InChI is InChI=1S/C14H18N2O3/c17-14(11-2-1-5-15-8-11)16-7-10-3-4-12-13(6-10)19-9-18-12/h3-4,6,11,15H,1-2,5,7-9H2,(H,16,17)/t11-/m1/s1. The smallest absolute Gasteiger partial charge is 0.231 e. The van der Waals surface area contributed by atoms with Gasteiger partial charge in [0.15, 0.2) is 11.5 Å². The topological polar surface area (TPSA) is 59.6 Å². The van der Waals surface area contributed by atoms with Crippen LogP contribution in [-0.4, -0.2) is 25.8 Å². The molecule has 19 heavy (non-hydrogen) atoms. The zero-order valence-corrected chi connectivity index (χ0v) is 10.8. The van der Waals surface area contributed by atoms with Gasteiger partial charge in [-0.15, -0.1) is 0 Å². The molecule has 0 unspecified atom stereocenters. The number of rotatable bonds is 3. The highest BCUT2D eigenvalue weighted by atomic mass is 16.7. The SMILES string of the molecule is O=C(NCc1ccc2c(c1)OCO2)[C@@H]1CCCNC1. The summed E-state index contributed by atoms with van der Waals surface area (Å²) in [7, 11) is 0. The van der Waals surface area contributed by atoms with Crippen molar-refractivity contribution in [2.24, 2.45) is 5.92 Å². The highest BCUT2D eigenvalue weighted by Gasteiger charge is 2.20. The van der Waals surface area contributed by atoms with Crippen LogP contribution in [0, 0.1) is 5.92 Å². The van der Waals surface area contributed by atoms with Crippen molar-refractivity contribution >= 4 is 5.91 Å². The van der Waals surface area contributed by atoms with Crippen molar-refractivity contribution in [3.05, 3.63) is 23.8 Å². The number of nitrogens with one attached hydrogen (secondary N) is 2. The Labute approximate surface area is 112 Å². The molecule has 1 saturated heterocycles. The number of amides is 1. The van der Waals surface area contributed by atoms with E-state index in [2.05, 4.69) is 10.6 Å². The average Bonchev–Trinajstić information content (AvgIpc) is 2.93. The van der Waals surface area contributed by atoms with Gasteiger partial charge in [0.2, 0.25) is 12.7 Å². The van der Waals surface area contributed by atoms with E-state index in [0.29, 0.717) is 6.54 Å². The summed E-state index contributed by atoms with van der Waals surface area (Å²) in [5.41, 5.74) is 1.03. The summed E-state index contributed by atoms with van der Waals surface area (Å²) < 4.78 is 10.6. The highest BCUT2D eigenvalue weighted by molar-refractivity contribution is 5.79. The molecule has 1 fully saturated rings. The number of ether oxygens (including phenoxy) is 2. The van der Waals surface area contributed by atoms with Crippen molar-refractivity contribution < 1.29 is 14.3 Å². The van der Waals surface area contributed by atoms with Crippen LogP contribution in [0.5, 0.6) is 11.5 Å². The van der Waals surface area contributed by atoms with Crippen LogP contribution in [0.25, 0.3) is 0 Å². The largest absolute Gasteiger partial charge is 0.454 e. The number of fused-ring (bicyclic) bond motifs is 1. The molecule has 0 radical (unpaired) electrons. The Hall–Kier alpha value is -1.75. The molecule has 102 valence electrons. The fourth-order valence-corrected chi connectivity index (χ4v) is 2.46. The number of carbonyl (C=O) groups excluding carboxylic acids is 1. The van der Waals surface area contributed by atoms with Crippen LogP contribution in [0.3, 0.4) is 0 Å². The Morgan fingerprint density at radius 1 is 1.37 bits per heavy atom. The molecular weight excluding hydrogens is 244 g/mol. The Morgan fingerprint density at radius 3 is 3.11 bits per heavy atom. The van der Waals surface area contributed by atoms with Gasteiger partial charge in [-0.2, -0.15) is 0 Å². The van der Waals surface area contributed by atoms with E-state index in [9.17, 15) is 4.79 Å². The van der Waals surface area contributed by atoms with Crippen LogP contribution in [0.15, 0.2) is 18.2 Å². The summed E-state index contributed by atoms with van der Waals surface area (Å²) in [6.07, 6.45) is 2.04. The number of carbonyl (C=O) groups is 1.